The lowest BCUT2D eigenvalue weighted by Gasteiger charge is -2.54. The molecule has 0 amide bonds. The summed E-state index contributed by atoms with van der Waals surface area (Å²) in [5.74, 6) is -0.162. The molecule has 0 bridgehead atoms. The van der Waals surface area contributed by atoms with Gasteiger partial charge in [0.2, 0.25) is 0 Å². The standard InChI is InChI=1S/C41H80N2O4/c1-11-13-15-17-19-21-23-25-27-29-45-42-38(3,4)31-35(32-39(42,5)6)37(44)47-36-33-40(7,8)43(41(9,10)34-36)46-30-28-26-24-22-20-18-16-14-12-2/h35-36H,11-34H2,1-10H3. The van der Waals surface area contributed by atoms with Crippen molar-refractivity contribution in [1.29, 1.82) is 0 Å². The fraction of sp³-hybridized carbons (Fsp3) is 0.976. The Hall–Kier alpha value is -0.690. The van der Waals surface area contributed by atoms with Crippen LogP contribution >= 0.6 is 0 Å². The Morgan fingerprint density at radius 3 is 1.13 bits per heavy atom. The van der Waals surface area contributed by atoms with Gasteiger partial charge < -0.3 is 4.74 Å². The van der Waals surface area contributed by atoms with Crippen LogP contribution in [0.5, 0.6) is 0 Å². The molecule has 0 aliphatic carbocycles. The zero-order chi connectivity index (χ0) is 35.0. The quantitative estimate of drug-likeness (QED) is 0.0756. The maximum Gasteiger partial charge on any atom is 0.309 e. The number of hydroxylamine groups is 4. The molecule has 6 nitrogen and oxygen atoms in total. The van der Waals surface area contributed by atoms with Gasteiger partial charge >= 0.3 is 5.97 Å². The van der Waals surface area contributed by atoms with E-state index in [0.717, 1.165) is 51.7 Å². The van der Waals surface area contributed by atoms with E-state index in [-0.39, 0.29) is 40.1 Å². The molecule has 6 heteroatoms. The lowest BCUT2D eigenvalue weighted by atomic mass is 9.75. The molecule has 2 fully saturated rings. The summed E-state index contributed by atoms with van der Waals surface area (Å²) >= 11 is 0. The summed E-state index contributed by atoms with van der Waals surface area (Å²) in [6.45, 7) is 23.9. The Bertz CT molecular complexity index is 818. The van der Waals surface area contributed by atoms with Crippen LogP contribution < -0.4 is 0 Å². The van der Waals surface area contributed by atoms with Gasteiger partial charge in [-0.05, 0) is 81.1 Å². The predicted molar refractivity (Wildman–Crippen MR) is 198 cm³/mol. The van der Waals surface area contributed by atoms with Crippen molar-refractivity contribution in [2.24, 2.45) is 5.92 Å². The van der Waals surface area contributed by atoms with E-state index < -0.39 is 0 Å². The highest BCUT2D eigenvalue weighted by molar-refractivity contribution is 5.73. The highest BCUT2D eigenvalue weighted by Gasteiger charge is 2.51. The molecule has 2 aliphatic rings. The molecule has 0 spiro atoms. The Balaban J connectivity index is 1.78. The molecule has 2 saturated heterocycles. The molecule has 0 aromatic carbocycles. The van der Waals surface area contributed by atoms with Gasteiger partial charge in [0.05, 0.1) is 19.1 Å². The summed E-state index contributed by atoms with van der Waals surface area (Å²) in [5, 5.41) is 4.41. The van der Waals surface area contributed by atoms with Crippen molar-refractivity contribution in [3.05, 3.63) is 0 Å². The van der Waals surface area contributed by atoms with Gasteiger partial charge in [-0.25, -0.2) is 0 Å². The normalized spacial score (nSPS) is 21.7. The van der Waals surface area contributed by atoms with Crippen molar-refractivity contribution in [3.63, 3.8) is 0 Å². The first-order valence-corrected chi connectivity index (χ1v) is 20.2. The van der Waals surface area contributed by atoms with E-state index in [1.165, 1.54) is 103 Å². The van der Waals surface area contributed by atoms with Crippen molar-refractivity contribution >= 4 is 5.97 Å². The highest BCUT2D eigenvalue weighted by Crippen LogP contribution is 2.44. The predicted octanol–water partition coefficient (Wildman–Crippen LogP) is 11.7. The number of hydrogen-bond donors (Lipinski definition) is 0. The first-order chi connectivity index (χ1) is 22.2. The lowest BCUT2D eigenvalue weighted by molar-refractivity contribution is -0.296. The lowest BCUT2D eigenvalue weighted by Crippen LogP contribution is -2.63. The fourth-order valence-corrected chi connectivity index (χ4v) is 8.78. The summed E-state index contributed by atoms with van der Waals surface area (Å²) in [5.41, 5.74) is -0.904. The van der Waals surface area contributed by atoms with E-state index in [9.17, 15) is 4.79 Å². The van der Waals surface area contributed by atoms with Crippen molar-refractivity contribution < 1.29 is 19.2 Å². The SMILES string of the molecule is CCCCCCCCCCCON1C(C)(C)CC(OC(=O)C2CC(C)(C)N(OCCCCCCCCCCC)C(C)(C)C2)CC1(C)C. The molecule has 0 N–H and O–H groups in total. The molecule has 0 saturated carbocycles. The number of carbonyl (C=O) groups excluding carboxylic acids is 1. The summed E-state index contributed by atoms with van der Waals surface area (Å²) < 4.78 is 6.36. The monoisotopic (exact) mass is 665 g/mol. The van der Waals surface area contributed by atoms with Crippen LogP contribution in [0.25, 0.3) is 0 Å². The second-order valence-electron chi connectivity index (χ2n) is 17.7. The molecule has 278 valence electrons. The number of rotatable bonds is 24. The largest absolute Gasteiger partial charge is 0.462 e. The molecule has 0 atom stereocenters. The average Bonchev–Trinajstić information content (AvgIpc) is 2.96. The van der Waals surface area contributed by atoms with Crippen LogP contribution in [-0.2, 0) is 19.2 Å². The second-order valence-corrected chi connectivity index (χ2v) is 17.7. The number of ether oxygens (including phenoxy) is 1. The average molecular weight is 665 g/mol. The smallest absolute Gasteiger partial charge is 0.309 e. The van der Waals surface area contributed by atoms with Crippen LogP contribution in [0.3, 0.4) is 0 Å². The Kier molecular flexibility index (Phi) is 18.8. The number of carbonyl (C=O) groups is 1. The van der Waals surface area contributed by atoms with Crippen molar-refractivity contribution in [2.75, 3.05) is 13.2 Å². The van der Waals surface area contributed by atoms with Crippen LogP contribution in [-0.4, -0.2) is 57.6 Å². The number of nitrogens with zero attached hydrogens (tertiary/aromatic N) is 2. The van der Waals surface area contributed by atoms with Gasteiger partial charge in [-0.3, -0.25) is 14.5 Å². The Morgan fingerprint density at radius 2 is 0.787 bits per heavy atom. The molecular formula is C41H80N2O4. The zero-order valence-corrected chi connectivity index (χ0v) is 33.2. The first kappa shape index (κ1) is 42.5. The van der Waals surface area contributed by atoms with E-state index >= 15 is 0 Å². The minimum Gasteiger partial charge on any atom is -0.462 e. The molecular weight excluding hydrogens is 584 g/mol. The van der Waals surface area contributed by atoms with E-state index in [1.807, 2.05) is 0 Å². The number of piperidine rings is 2. The molecule has 0 unspecified atom stereocenters. The van der Waals surface area contributed by atoms with E-state index in [0.29, 0.717) is 0 Å². The highest BCUT2D eigenvalue weighted by atomic mass is 16.7. The topological polar surface area (TPSA) is 51.2 Å². The second kappa shape index (κ2) is 20.9. The molecule has 0 radical (unpaired) electrons. The van der Waals surface area contributed by atoms with E-state index in [2.05, 4.69) is 79.4 Å². The van der Waals surface area contributed by atoms with Gasteiger partial charge in [0, 0.05) is 35.0 Å². The van der Waals surface area contributed by atoms with Gasteiger partial charge in [-0.15, -0.1) is 0 Å². The van der Waals surface area contributed by atoms with Crippen LogP contribution in [0.15, 0.2) is 0 Å². The summed E-state index contributed by atoms with van der Waals surface area (Å²) in [6.07, 6.45) is 26.6. The fourth-order valence-electron chi connectivity index (χ4n) is 8.78. The van der Waals surface area contributed by atoms with Gasteiger partial charge in [0.15, 0.2) is 0 Å². The summed E-state index contributed by atoms with van der Waals surface area (Å²) in [7, 11) is 0. The van der Waals surface area contributed by atoms with Crippen molar-refractivity contribution in [1.82, 2.24) is 10.1 Å². The van der Waals surface area contributed by atoms with Crippen LogP contribution in [0.2, 0.25) is 0 Å². The van der Waals surface area contributed by atoms with Gasteiger partial charge in [-0.1, -0.05) is 117 Å². The minimum atomic E-state index is -0.241. The van der Waals surface area contributed by atoms with Gasteiger partial charge in [0.1, 0.15) is 6.10 Å². The van der Waals surface area contributed by atoms with Crippen molar-refractivity contribution in [3.8, 4) is 0 Å². The number of esters is 1. The van der Waals surface area contributed by atoms with E-state index in [4.69, 9.17) is 14.4 Å². The van der Waals surface area contributed by atoms with Crippen LogP contribution in [0.1, 0.15) is 210 Å². The number of hydrogen-bond acceptors (Lipinski definition) is 6. The third-order valence-corrected chi connectivity index (χ3v) is 10.7. The Morgan fingerprint density at radius 1 is 0.489 bits per heavy atom. The molecule has 0 aromatic rings. The van der Waals surface area contributed by atoms with Gasteiger partial charge in [-0.2, -0.15) is 10.1 Å². The molecule has 2 aliphatic heterocycles. The molecule has 0 aromatic heterocycles. The Labute approximate surface area is 292 Å². The van der Waals surface area contributed by atoms with E-state index in [1.54, 1.807) is 0 Å². The third kappa shape index (κ3) is 15.0. The molecule has 2 rings (SSSR count). The maximum atomic E-state index is 13.7. The minimum absolute atomic E-state index is 0.0367. The maximum absolute atomic E-state index is 13.7. The van der Waals surface area contributed by atoms with Crippen molar-refractivity contribution in [2.45, 2.75) is 239 Å². The zero-order valence-electron chi connectivity index (χ0n) is 33.2. The summed E-state index contributed by atoms with van der Waals surface area (Å²) in [6, 6.07) is 0. The molecule has 47 heavy (non-hydrogen) atoms. The third-order valence-electron chi connectivity index (χ3n) is 10.7. The summed E-state index contributed by atoms with van der Waals surface area (Å²) in [4.78, 5) is 26.7. The number of unbranched alkanes of at least 4 members (excludes halogenated alkanes) is 16. The van der Waals surface area contributed by atoms with Gasteiger partial charge in [0.25, 0.3) is 0 Å². The van der Waals surface area contributed by atoms with Crippen LogP contribution in [0.4, 0.5) is 0 Å². The first-order valence-electron chi connectivity index (χ1n) is 20.2. The molecule has 2 heterocycles. The van der Waals surface area contributed by atoms with Crippen LogP contribution in [0, 0.1) is 5.92 Å².